The molecule has 4 nitrogen and oxygen atoms in total. The Morgan fingerprint density at radius 1 is 1.30 bits per heavy atom. The van der Waals surface area contributed by atoms with Gasteiger partial charge < -0.3 is 11.1 Å². The number of pyridine rings is 1. The average Bonchev–Trinajstić information content (AvgIpc) is 2.25. The van der Waals surface area contributed by atoms with Crippen molar-refractivity contribution in [1.82, 2.24) is 10.3 Å². The van der Waals surface area contributed by atoms with Crippen LogP contribution in [0.5, 0.6) is 0 Å². The van der Waals surface area contributed by atoms with Gasteiger partial charge in [0, 0.05) is 22.7 Å². The molecule has 1 unspecified atom stereocenters. The molecule has 1 aromatic heterocycles. The lowest BCUT2D eigenvalue weighted by Gasteiger charge is -2.20. The molecule has 0 radical (unpaired) electrons. The summed E-state index contributed by atoms with van der Waals surface area (Å²) in [6.07, 6.45) is 0.957. The highest BCUT2D eigenvalue weighted by atomic mass is 16.1. The fourth-order valence-electron chi connectivity index (χ4n) is 2.14. The number of carbonyl (C=O) groups excluding carboxylic acids is 1. The van der Waals surface area contributed by atoms with E-state index in [1.807, 2.05) is 13.0 Å². The predicted molar refractivity (Wildman–Crippen MR) is 83.7 cm³/mol. The summed E-state index contributed by atoms with van der Waals surface area (Å²) < 4.78 is 0. The molecule has 0 aliphatic heterocycles. The highest BCUT2D eigenvalue weighted by Gasteiger charge is 2.19. The van der Waals surface area contributed by atoms with Gasteiger partial charge in [0.25, 0.3) is 5.91 Å². The van der Waals surface area contributed by atoms with Crippen molar-refractivity contribution < 1.29 is 4.79 Å². The number of hydrogen-bond acceptors (Lipinski definition) is 3. The molecule has 20 heavy (non-hydrogen) atoms. The quantitative estimate of drug-likeness (QED) is 0.888. The Morgan fingerprint density at radius 3 is 2.40 bits per heavy atom. The van der Waals surface area contributed by atoms with Crippen molar-refractivity contribution in [2.45, 2.75) is 59.4 Å². The zero-order valence-corrected chi connectivity index (χ0v) is 13.4. The van der Waals surface area contributed by atoms with Gasteiger partial charge in [0.1, 0.15) is 5.82 Å². The van der Waals surface area contributed by atoms with Crippen molar-refractivity contribution in [3.63, 3.8) is 0 Å². The molecule has 1 amide bonds. The Labute approximate surface area is 122 Å². The molecular formula is C16H27N3O. The van der Waals surface area contributed by atoms with Crippen molar-refractivity contribution in [2.24, 2.45) is 5.92 Å². The van der Waals surface area contributed by atoms with E-state index in [1.165, 1.54) is 0 Å². The highest BCUT2D eigenvalue weighted by molar-refractivity contribution is 5.95. The molecule has 4 heteroatoms. The molecule has 112 valence electrons. The van der Waals surface area contributed by atoms with Gasteiger partial charge in [-0.2, -0.15) is 0 Å². The van der Waals surface area contributed by atoms with Gasteiger partial charge in [0.15, 0.2) is 0 Å². The van der Waals surface area contributed by atoms with Crippen LogP contribution in [0.2, 0.25) is 0 Å². The Bertz CT molecular complexity index is 475. The highest BCUT2D eigenvalue weighted by Crippen LogP contribution is 2.22. The second kappa shape index (κ2) is 6.25. The molecule has 0 aromatic carbocycles. The largest absolute Gasteiger partial charge is 0.384 e. The van der Waals surface area contributed by atoms with E-state index in [1.54, 1.807) is 6.07 Å². The fourth-order valence-corrected chi connectivity index (χ4v) is 2.14. The van der Waals surface area contributed by atoms with E-state index < -0.39 is 0 Å². The van der Waals surface area contributed by atoms with Crippen molar-refractivity contribution in [3.05, 3.63) is 23.4 Å². The summed E-state index contributed by atoms with van der Waals surface area (Å²) in [5.41, 5.74) is 7.10. The molecule has 3 N–H and O–H groups in total. The van der Waals surface area contributed by atoms with Gasteiger partial charge in [-0.05, 0) is 31.4 Å². The van der Waals surface area contributed by atoms with E-state index in [4.69, 9.17) is 5.73 Å². The zero-order chi connectivity index (χ0) is 15.5. The van der Waals surface area contributed by atoms with Crippen LogP contribution in [0.25, 0.3) is 0 Å². The molecule has 0 aliphatic rings. The SMILES string of the molecule is CC(C)CC(C)NC(=O)c1cc(N)nc(C(C)(C)C)c1. The van der Waals surface area contributed by atoms with Gasteiger partial charge in [-0.3, -0.25) is 4.79 Å². The van der Waals surface area contributed by atoms with Crippen molar-refractivity contribution in [2.75, 3.05) is 5.73 Å². The Kier molecular flexibility index (Phi) is 5.15. The first-order valence-electron chi connectivity index (χ1n) is 7.18. The molecule has 1 heterocycles. The first kappa shape index (κ1) is 16.5. The molecular weight excluding hydrogens is 250 g/mol. The topological polar surface area (TPSA) is 68.0 Å². The number of nitrogen functional groups attached to an aromatic ring is 1. The molecule has 0 aliphatic carbocycles. The lowest BCUT2D eigenvalue weighted by atomic mass is 9.90. The summed E-state index contributed by atoms with van der Waals surface area (Å²) in [5.74, 6) is 0.856. The van der Waals surface area contributed by atoms with E-state index in [0.29, 0.717) is 17.3 Å². The van der Waals surface area contributed by atoms with Gasteiger partial charge >= 0.3 is 0 Å². The van der Waals surface area contributed by atoms with Gasteiger partial charge in [-0.1, -0.05) is 34.6 Å². The van der Waals surface area contributed by atoms with Gasteiger partial charge in [0.05, 0.1) is 0 Å². The second-order valence-electron chi connectivity index (χ2n) is 6.92. The Balaban J connectivity index is 2.91. The second-order valence-corrected chi connectivity index (χ2v) is 6.92. The number of rotatable bonds is 4. The summed E-state index contributed by atoms with van der Waals surface area (Å²) in [7, 11) is 0. The third-order valence-electron chi connectivity index (χ3n) is 3.08. The van der Waals surface area contributed by atoms with Crippen LogP contribution >= 0.6 is 0 Å². The van der Waals surface area contributed by atoms with Crippen molar-refractivity contribution >= 4 is 11.7 Å². The number of hydrogen-bond donors (Lipinski definition) is 2. The van der Waals surface area contributed by atoms with E-state index >= 15 is 0 Å². The van der Waals surface area contributed by atoms with E-state index in [2.05, 4.69) is 44.9 Å². The minimum absolute atomic E-state index is 0.0854. The number of carbonyl (C=O) groups is 1. The van der Waals surface area contributed by atoms with Crippen LogP contribution in [-0.2, 0) is 5.41 Å². The summed E-state index contributed by atoms with van der Waals surface area (Å²) in [6.45, 7) is 12.5. The van der Waals surface area contributed by atoms with Crippen molar-refractivity contribution in [1.29, 1.82) is 0 Å². The standard InChI is InChI=1S/C16H27N3O/c1-10(2)7-11(3)18-15(20)12-8-13(16(4,5)6)19-14(17)9-12/h8-11H,7H2,1-6H3,(H2,17,19)(H,18,20). The molecule has 0 spiro atoms. The molecule has 1 rings (SSSR count). The molecule has 1 atom stereocenters. The minimum atomic E-state index is -0.131. The van der Waals surface area contributed by atoms with Crippen LogP contribution in [0.1, 0.15) is 64.0 Å². The van der Waals surface area contributed by atoms with Crippen LogP contribution in [0.3, 0.4) is 0 Å². The summed E-state index contributed by atoms with van der Waals surface area (Å²) >= 11 is 0. The smallest absolute Gasteiger partial charge is 0.251 e. The number of aromatic nitrogens is 1. The van der Waals surface area contributed by atoms with E-state index in [0.717, 1.165) is 12.1 Å². The maximum atomic E-state index is 12.3. The Morgan fingerprint density at radius 2 is 1.90 bits per heavy atom. The van der Waals surface area contributed by atoms with E-state index in [9.17, 15) is 4.79 Å². The number of nitrogens with zero attached hydrogens (tertiary/aromatic N) is 1. The molecule has 0 fully saturated rings. The lowest BCUT2D eigenvalue weighted by molar-refractivity contribution is 0.0936. The molecule has 1 aromatic rings. The molecule has 0 bridgehead atoms. The van der Waals surface area contributed by atoms with Crippen LogP contribution in [0, 0.1) is 5.92 Å². The van der Waals surface area contributed by atoms with Gasteiger partial charge in [-0.25, -0.2) is 4.98 Å². The van der Waals surface area contributed by atoms with Crippen LogP contribution in [-0.4, -0.2) is 16.9 Å². The van der Waals surface area contributed by atoms with Crippen molar-refractivity contribution in [3.8, 4) is 0 Å². The minimum Gasteiger partial charge on any atom is -0.384 e. The number of amides is 1. The lowest BCUT2D eigenvalue weighted by Crippen LogP contribution is -2.33. The third kappa shape index (κ3) is 4.83. The first-order valence-corrected chi connectivity index (χ1v) is 7.18. The average molecular weight is 277 g/mol. The summed E-state index contributed by atoms with van der Waals surface area (Å²) in [5, 5.41) is 3.01. The van der Waals surface area contributed by atoms with Crippen LogP contribution in [0.15, 0.2) is 12.1 Å². The number of nitrogens with two attached hydrogens (primary N) is 1. The molecule has 0 saturated heterocycles. The maximum absolute atomic E-state index is 12.3. The van der Waals surface area contributed by atoms with Crippen LogP contribution < -0.4 is 11.1 Å². The summed E-state index contributed by atoms with van der Waals surface area (Å²) in [4.78, 5) is 16.6. The monoisotopic (exact) mass is 277 g/mol. The number of anilines is 1. The Hall–Kier alpha value is -1.58. The van der Waals surface area contributed by atoms with Gasteiger partial charge in [0.2, 0.25) is 0 Å². The fraction of sp³-hybridized carbons (Fsp3) is 0.625. The third-order valence-corrected chi connectivity index (χ3v) is 3.08. The molecule has 0 saturated carbocycles. The summed E-state index contributed by atoms with van der Waals surface area (Å²) in [6, 6.07) is 3.61. The predicted octanol–water partition coefficient (Wildman–Crippen LogP) is 3.13. The normalized spacial score (nSPS) is 13.3. The first-order chi connectivity index (χ1) is 9.09. The van der Waals surface area contributed by atoms with E-state index in [-0.39, 0.29) is 17.4 Å². The zero-order valence-electron chi connectivity index (χ0n) is 13.4. The maximum Gasteiger partial charge on any atom is 0.251 e. The number of nitrogens with one attached hydrogen (secondary N) is 1. The van der Waals surface area contributed by atoms with Crippen LogP contribution in [0.4, 0.5) is 5.82 Å². The van der Waals surface area contributed by atoms with Gasteiger partial charge in [-0.15, -0.1) is 0 Å².